The Morgan fingerprint density at radius 1 is 1.36 bits per heavy atom. The maximum Gasteiger partial charge on any atom is 0.118 e. The molecule has 0 aliphatic carbocycles. The van der Waals surface area contributed by atoms with E-state index in [0.717, 1.165) is 23.3 Å². The zero-order valence-electron chi connectivity index (χ0n) is 8.66. The monoisotopic (exact) mass is 192 g/mol. The van der Waals surface area contributed by atoms with Crippen LogP contribution >= 0.6 is 0 Å². The van der Waals surface area contributed by atoms with Crippen LogP contribution in [0.3, 0.4) is 0 Å². The molecule has 0 atom stereocenters. The lowest BCUT2D eigenvalue weighted by Crippen LogP contribution is -1.87. The van der Waals surface area contributed by atoms with Gasteiger partial charge in [0.25, 0.3) is 0 Å². The minimum atomic E-state index is 0.0925. The summed E-state index contributed by atoms with van der Waals surface area (Å²) < 4.78 is 5.07. The number of rotatable bonds is 4. The van der Waals surface area contributed by atoms with Crippen molar-refractivity contribution in [3.05, 3.63) is 35.9 Å². The van der Waals surface area contributed by atoms with Crippen molar-refractivity contribution in [2.45, 2.75) is 13.3 Å². The Bertz CT molecular complexity index is 299. The van der Waals surface area contributed by atoms with Crippen LogP contribution in [0.2, 0.25) is 0 Å². The van der Waals surface area contributed by atoms with Gasteiger partial charge in [0.05, 0.1) is 13.7 Å². The second-order valence-electron chi connectivity index (χ2n) is 2.99. The number of benzene rings is 1. The Balaban J connectivity index is 2.89. The van der Waals surface area contributed by atoms with E-state index >= 15 is 0 Å². The van der Waals surface area contributed by atoms with Gasteiger partial charge in [-0.1, -0.05) is 25.1 Å². The van der Waals surface area contributed by atoms with E-state index in [4.69, 9.17) is 9.84 Å². The lowest BCUT2D eigenvalue weighted by Gasteiger charge is -2.05. The van der Waals surface area contributed by atoms with Crippen molar-refractivity contribution < 1.29 is 9.84 Å². The fourth-order valence-corrected chi connectivity index (χ4v) is 1.38. The molecule has 0 fully saturated rings. The van der Waals surface area contributed by atoms with Crippen LogP contribution in [0.5, 0.6) is 5.75 Å². The molecule has 0 saturated heterocycles. The van der Waals surface area contributed by atoms with Crippen molar-refractivity contribution in [2.75, 3.05) is 13.7 Å². The fraction of sp³-hybridized carbons (Fsp3) is 0.333. The normalized spacial score (nSPS) is 11.5. The maximum absolute atomic E-state index is 8.83. The van der Waals surface area contributed by atoms with Crippen molar-refractivity contribution in [1.29, 1.82) is 0 Å². The molecule has 2 heteroatoms. The van der Waals surface area contributed by atoms with Gasteiger partial charge in [0, 0.05) is 0 Å². The molecule has 0 bridgehead atoms. The average molecular weight is 192 g/mol. The first-order valence-electron chi connectivity index (χ1n) is 4.76. The highest BCUT2D eigenvalue weighted by molar-refractivity contribution is 5.65. The first-order chi connectivity index (χ1) is 6.81. The van der Waals surface area contributed by atoms with E-state index in [9.17, 15) is 0 Å². The van der Waals surface area contributed by atoms with E-state index in [2.05, 4.69) is 6.92 Å². The molecule has 2 nitrogen and oxygen atoms in total. The molecule has 1 aromatic rings. The Morgan fingerprint density at radius 2 is 2.00 bits per heavy atom. The number of methoxy groups -OCH3 is 1. The summed E-state index contributed by atoms with van der Waals surface area (Å²) in [4.78, 5) is 0. The molecule has 1 aromatic carbocycles. The summed E-state index contributed by atoms with van der Waals surface area (Å²) in [5.74, 6) is 0.855. The Morgan fingerprint density at radius 3 is 2.43 bits per heavy atom. The summed E-state index contributed by atoms with van der Waals surface area (Å²) in [5.41, 5.74) is 2.30. The predicted molar refractivity (Wildman–Crippen MR) is 58.3 cm³/mol. The van der Waals surface area contributed by atoms with Crippen molar-refractivity contribution >= 4 is 5.57 Å². The third-order valence-electron chi connectivity index (χ3n) is 2.18. The van der Waals surface area contributed by atoms with E-state index in [1.807, 2.05) is 30.3 Å². The second-order valence-corrected chi connectivity index (χ2v) is 2.99. The molecule has 0 aliphatic rings. The van der Waals surface area contributed by atoms with E-state index in [0.29, 0.717) is 0 Å². The van der Waals surface area contributed by atoms with Crippen LogP contribution in [0.4, 0.5) is 0 Å². The number of ether oxygens (including phenoxy) is 1. The first kappa shape index (κ1) is 10.8. The molecule has 0 aromatic heterocycles. The Labute approximate surface area is 84.8 Å². The molecule has 0 spiro atoms. The van der Waals surface area contributed by atoms with Gasteiger partial charge >= 0.3 is 0 Å². The summed E-state index contributed by atoms with van der Waals surface area (Å²) in [6.07, 6.45) is 2.76. The molecular weight excluding hydrogens is 176 g/mol. The summed E-state index contributed by atoms with van der Waals surface area (Å²) in [7, 11) is 1.65. The van der Waals surface area contributed by atoms with E-state index in [1.54, 1.807) is 7.11 Å². The number of aliphatic hydroxyl groups is 1. The SMILES string of the molecule is CC/C(=C/CO)c1ccc(OC)cc1. The number of allylic oxidation sites excluding steroid dienone is 1. The predicted octanol–water partition coefficient (Wildman–Crippen LogP) is 2.48. The number of hydrogen-bond acceptors (Lipinski definition) is 2. The van der Waals surface area contributed by atoms with Gasteiger partial charge in [0.2, 0.25) is 0 Å². The molecule has 0 saturated carbocycles. The highest BCUT2D eigenvalue weighted by Crippen LogP contribution is 2.20. The summed E-state index contributed by atoms with van der Waals surface area (Å²) in [6.45, 7) is 2.17. The molecular formula is C12H16O2. The summed E-state index contributed by atoms with van der Waals surface area (Å²) >= 11 is 0. The number of aliphatic hydroxyl groups excluding tert-OH is 1. The zero-order valence-corrected chi connectivity index (χ0v) is 8.66. The van der Waals surface area contributed by atoms with Gasteiger partial charge in [-0.2, -0.15) is 0 Å². The minimum absolute atomic E-state index is 0.0925. The van der Waals surface area contributed by atoms with E-state index in [1.165, 1.54) is 0 Å². The second kappa shape index (κ2) is 5.45. The average Bonchev–Trinajstić information content (AvgIpc) is 2.26. The molecule has 0 radical (unpaired) electrons. The van der Waals surface area contributed by atoms with Crippen LogP contribution in [-0.2, 0) is 0 Å². The summed E-state index contributed by atoms with van der Waals surface area (Å²) in [6, 6.07) is 7.86. The fourth-order valence-electron chi connectivity index (χ4n) is 1.38. The standard InChI is InChI=1S/C12H16O2/c1-3-10(8-9-13)11-4-6-12(14-2)7-5-11/h4-8,13H,3,9H2,1-2H3/b10-8-. The van der Waals surface area contributed by atoms with Crippen molar-refractivity contribution in [2.24, 2.45) is 0 Å². The highest BCUT2D eigenvalue weighted by atomic mass is 16.5. The van der Waals surface area contributed by atoms with Gasteiger partial charge in [-0.3, -0.25) is 0 Å². The lowest BCUT2D eigenvalue weighted by atomic mass is 10.0. The lowest BCUT2D eigenvalue weighted by molar-refractivity contribution is 0.343. The third-order valence-corrected chi connectivity index (χ3v) is 2.18. The van der Waals surface area contributed by atoms with Gasteiger partial charge in [-0.25, -0.2) is 0 Å². The van der Waals surface area contributed by atoms with Gasteiger partial charge in [-0.15, -0.1) is 0 Å². The van der Waals surface area contributed by atoms with Crippen LogP contribution in [0.15, 0.2) is 30.3 Å². The Kier molecular flexibility index (Phi) is 4.20. The highest BCUT2D eigenvalue weighted by Gasteiger charge is 1.98. The van der Waals surface area contributed by atoms with E-state index in [-0.39, 0.29) is 6.61 Å². The molecule has 0 aliphatic heterocycles. The topological polar surface area (TPSA) is 29.5 Å². The largest absolute Gasteiger partial charge is 0.497 e. The van der Waals surface area contributed by atoms with Gasteiger partial charge in [-0.05, 0) is 29.7 Å². The van der Waals surface area contributed by atoms with Crippen LogP contribution in [-0.4, -0.2) is 18.8 Å². The third kappa shape index (κ3) is 2.60. The van der Waals surface area contributed by atoms with Crippen LogP contribution in [0.1, 0.15) is 18.9 Å². The van der Waals surface area contributed by atoms with Crippen molar-refractivity contribution in [3.63, 3.8) is 0 Å². The Hall–Kier alpha value is -1.28. The van der Waals surface area contributed by atoms with Gasteiger partial charge in [0.15, 0.2) is 0 Å². The van der Waals surface area contributed by atoms with Crippen molar-refractivity contribution in [1.82, 2.24) is 0 Å². The van der Waals surface area contributed by atoms with Crippen molar-refractivity contribution in [3.8, 4) is 5.75 Å². The number of hydrogen-bond donors (Lipinski definition) is 1. The first-order valence-corrected chi connectivity index (χ1v) is 4.76. The zero-order chi connectivity index (χ0) is 10.4. The van der Waals surface area contributed by atoms with Crippen LogP contribution < -0.4 is 4.74 Å². The smallest absolute Gasteiger partial charge is 0.118 e. The molecule has 0 amide bonds. The molecule has 1 N–H and O–H groups in total. The summed E-state index contributed by atoms with van der Waals surface area (Å²) in [5, 5.41) is 8.83. The van der Waals surface area contributed by atoms with E-state index < -0.39 is 0 Å². The minimum Gasteiger partial charge on any atom is -0.497 e. The van der Waals surface area contributed by atoms with Gasteiger partial charge < -0.3 is 9.84 Å². The maximum atomic E-state index is 8.83. The molecule has 0 unspecified atom stereocenters. The van der Waals surface area contributed by atoms with Gasteiger partial charge in [0.1, 0.15) is 5.75 Å². The quantitative estimate of drug-likeness (QED) is 0.794. The molecule has 76 valence electrons. The van der Waals surface area contributed by atoms with Crippen LogP contribution in [0, 0.1) is 0 Å². The molecule has 0 heterocycles. The van der Waals surface area contributed by atoms with Crippen LogP contribution in [0.25, 0.3) is 5.57 Å². The molecule has 1 rings (SSSR count). The molecule has 14 heavy (non-hydrogen) atoms.